The number of carboxylic acid groups (broad SMARTS) is 2. The maximum absolute atomic E-state index is 8.33. The summed E-state index contributed by atoms with van der Waals surface area (Å²) in [5.74, 6) is 0. The summed E-state index contributed by atoms with van der Waals surface area (Å²) in [7, 11) is 0. The van der Waals surface area contributed by atoms with Crippen LogP contribution in [-0.4, -0.2) is 29.2 Å². The molecule has 0 unspecified atom stereocenters. The largest absolute Gasteiger partial charge is 2.00 e. The van der Waals surface area contributed by atoms with E-state index in [-0.39, 0.29) is 129 Å². The molecule has 0 bridgehead atoms. The zero-order valence-corrected chi connectivity index (χ0v) is 13.2. The van der Waals surface area contributed by atoms with E-state index in [0.717, 1.165) is 0 Å². The van der Waals surface area contributed by atoms with Gasteiger partial charge in [-0.25, -0.2) is 0 Å². The normalized spacial score (nSPS) is 2.67. The molecule has 0 spiro atoms. The monoisotopic (exact) mass is 216 g/mol. The van der Waals surface area contributed by atoms with E-state index in [2.05, 4.69) is 0 Å². The first-order chi connectivity index (χ1) is 1.73. The molecule has 0 aliphatic heterocycles. The summed E-state index contributed by atoms with van der Waals surface area (Å²) < 4.78 is 0. The van der Waals surface area contributed by atoms with Crippen LogP contribution in [-0.2, 0) is 0 Å². The fourth-order valence-electron chi connectivity index (χ4n) is 0. The van der Waals surface area contributed by atoms with Crippen LogP contribution in [0.15, 0.2) is 0 Å². The minimum Gasteiger partial charge on any atom is -1.00 e. The van der Waals surface area contributed by atoms with Crippen LogP contribution in [0.1, 0.15) is 0 Å². The van der Waals surface area contributed by atoms with E-state index < -0.39 is 6.16 Å². The topological polar surface area (TPSA) is 63.2 Å². The Labute approximate surface area is 146 Å². The molecule has 0 aromatic rings. The van der Waals surface area contributed by atoms with E-state index in [4.69, 9.17) is 15.0 Å². The Morgan fingerprint density at radius 1 is 1.11 bits per heavy atom. The first-order valence-electron chi connectivity index (χ1n) is 0.612. The molecule has 9 heavy (non-hydrogen) atoms. The van der Waals surface area contributed by atoms with Crippen LogP contribution in [0.3, 0.4) is 0 Å². The van der Waals surface area contributed by atoms with Crippen LogP contribution in [0, 0.1) is 0 Å². The number of hydrogen-bond acceptors (Lipinski definition) is 3. The van der Waals surface area contributed by atoms with Crippen molar-refractivity contribution in [3.8, 4) is 0 Å². The molecule has 0 rings (SSSR count). The summed E-state index contributed by atoms with van der Waals surface area (Å²) in [4.78, 5) is 8.33. The summed E-state index contributed by atoms with van der Waals surface area (Å²) in [6.45, 7) is 0. The zero-order chi connectivity index (χ0) is 3.58. The molecule has 0 radical (unpaired) electrons. The third-order valence-corrected chi connectivity index (χ3v) is 0. The molecule has 0 amide bonds. The number of rotatable bonds is 0. The van der Waals surface area contributed by atoms with Crippen LogP contribution in [0.4, 0.5) is 4.79 Å². The Bertz CT molecular complexity index is 44.8. The molecule has 40 valence electrons. The third-order valence-electron chi connectivity index (χ3n) is 0. The van der Waals surface area contributed by atoms with Gasteiger partial charge >= 0.3 is 104 Å². The van der Waals surface area contributed by atoms with Gasteiger partial charge in [0.2, 0.25) is 0 Å². The fourth-order valence-corrected chi connectivity index (χ4v) is 0. The second-order valence-corrected chi connectivity index (χ2v) is 0.250. The predicted octanol–water partition coefficient (Wildman–Crippen LogP) is -14.8. The minimum absolute atomic E-state index is 0. The molecule has 0 aromatic heterocycles. The van der Waals surface area contributed by atoms with Gasteiger partial charge in [0, 0.05) is 0 Å². The predicted molar refractivity (Wildman–Crippen MR) is 11.1 cm³/mol. The fraction of sp³-hybridized carbons (Fsp3) is 0. The van der Waals surface area contributed by atoms with E-state index in [1.807, 2.05) is 0 Å². The minimum atomic E-state index is -2.33. The summed E-state index contributed by atoms with van der Waals surface area (Å²) in [5.41, 5.74) is 0. The van der Waals surface area contributed by atoms with Gasteiger partial charge in [0.25, 0.3) is 0 Å². The molecule has 8 heteroatoms. The zero-order valence-electron chi connectivity index (χ0n) is 5.19. The molecule has 0 aliphatic carbocycles. The summed E-state index contributed by atoms with van der Waals surface area (Å²) in [5, 5.41) is 16.7. The van der Waals surface area contributed by atoms with Gasteiger partial charge in [0.15, 0.2) is 0 Å². The molecule has 0 saturated heterocycles. The molecular weight excluding hydrogens is 217 g/mol. The van der Waals surface area contributed by atoms with Crippen LogP contribution >= 0.6 is 0 Å². The standard InChI is InChI=1S/CH2O3.2ClH.K.Mg.Na/c2-1(3)4;;;;;/h(H2,2,3,4);2*1H;;;/q;;;+1;+2;+1/p-4. The van der Waals surface area contributed by atoms with Gasteiger partial charge < -0.3 is 39.8 Å². The van der Waals surface area contributed by atoms with Gasteiger partial charge in [-0.15, -0.1) is 0 Å². The Morgan fingerprint density at radius 3 is 1.11 bits per heavy atom. The average molecular weight is 217 g/mol. The van der Waals surface area contributed by atoms with Gasteiger partial charge in [-0.2, -0.15) is 0 Å². The quantitative estimate of drug-likeness (QED) is 0.379. The summed E-state index contributed by atoms with van der Waals surface area (Å²) in [6, 6.07) is 0. The smallest absolute Gasteiger partial charge is 1.00 e. The van der Waals surface area contributed by atoms with E-state index >= 15 is 0 Å². The second-order valence-electron chi connectivity index (χ2n) is 0.250. The van der Waals surface area contributed by atoms with Gasteiger partial charge in [0.1, 0.15) is 0 Å². The van der Waals surface area contributed by atoms with Crippen LogP contribution in [0.25, 0.3) is 0 Å². The second kappa shape index (κ2) is 30.3. The van der Waals surface area contributed by atoms with E-state index in [9.17, 15) is 0 Å². The van der Waals surface area contributed by atoms with Crippen molar-refractivity contribution in [2.45, 2.75) is 0 Å². The van der Waals surface area contributed by atoms with Crippen LogP contribution < -0.4 is 116 Å². The van der Waals surface area contributed by atoms with Crippen molar-refractivity contribution < 1.29 is 121 Å². The third kappa shape index (κ3) is 91.1. The Kier molecular flexibility index (Phi) is 133. The van der Waals surface area contributed by atoms with Crippen LogP contribution in [0.5, 0.6) is 0 Å². The molecular formula is CCl2KMgNaO3. The molecule has 3 nitrogen and oxygen atoms in total. The molecule has 0 aliphatic rings. The van der Waals surface area contributed by atoms with Gasteiger partial charge in [-0.1, -0.05) is 0 Å². The Balaban J connectivity index is -0.00000000450. The molecule has 0 fully saturated rings. The number of halogens is 2. The maximum Gasteiger partial charge on any atom is 2.00 e. The van der Waals surface area contributed by atoms with Crippen molar-refractivity contribution in [2.75, 3.05) is 0 Å². The van der Waals surface area contributed by atoms with Crippen molar-refractivity contribution >= 4 is 29.2 Å². The Hall–Kier alpha value is 3.25. The first kappa shape index (κ1) is 39.7. The van der Waals surface area contributed by atoms with Gasteiger partial charge in [0.05, 0.1) is 0 Å². The van der Waals surface area contributed by atoms with Crippen molar-refractivity contribution in [1.29, 1.82) is 0 Å². The maximum atomic E-state index is 8.33. The number of carbonyl (C=O) groups is 1. The molecule has 0 saturated carbocycles. The molecule has 0 N–H and O–H groups in total. The number of hydrogen-bond donors (Lipinski definition) is 0. The first-order valence-corrected chi connectivity index (χ1v) is 0.612. The molecule has 0 atom stereocenters. The number of carbonyl (C=O) groups excluding carboxylic acids is 1. The van der Waals surface area contributed by atoms with E-state index in [1.165, 1.54) is 0 Å². The molecule has 0 heterocycles. The van der Waals surface area contributed by atoms with Crippen LogP contribution in [0.2, 0.25) is 0 Å². The molecule has 0 aromatic carbocycles. The Morgan fingerprint density at radius 2 is 1.11 bits per heavy atom. The van der Waals surface area contributed by atoms with Crippen molar-refractivity contribution in [3.63, 3.8) is 0 Å². The van der Waals surface area contributed by atoms with Crippen molar-refractivity contribution in [3.05, 3.63) is 0 Å². The van der Waals surface area contributed by atoms with E-state index in [0.29, 0.717) is 0 Å². The van der Waals surface area contributed by atoms with Gasteiger partial charge in [-0.05, 0) is 6.16 Å². The van der Waals surface area contributed by atoms with Crippen molar-refractivity contribution in [2.24, 2.45) is 0 Å². The summed E-state index contributed by atoms with van der Waals surface area (Å²) in [6.07, 6.45) is -2.33. The summed E-state index contributed by atoms with van der Waals surface area (Å²) >= 11 is 0. The SMILES string of the molecule is O=C([O-])[O-].[Cl-].[Cl-].[K+].[Mg+2].[Na+]. The average Bonchev–Trinajstić information content (AvgIpc) is 0.811. The van der Waals surface area contributed by atoms with Crippen molar-refractivity contribution in [1.82, 2.24) is 0 Å². The van der Waals surface area contributed by atoms with Gasteiger partial charge in [-0.3, -0.25) is 0 Å². The van der Waals surface area contributed by atoms with E-state index in [1.54, 1.807) is 0 Å².